The first-order valence-electron chi connectivity index (χ1n) is 6.78. The van der Waals surface area contributed by atoms with Crippen LogP contribution in [-0.2, 0) is 0 Å². The van der Waals surface area contributed by atoms with E-state index in [1.54, 1.807) is 0 Å². The van der Waals surface area contributed by atoms with Gasteiger partial charge >= 0.3 is 0 Å². The van der Waals surface area contributed by atoms with Crippen LogP contribution in [0.5, 0.6) is 0 Å². The zero-order valence-corrected chi connectivity index (χ0v) is 12.4. The summed E-state index contributed by atoms with van der Waals surface area (Å²) in [5.41, 5.74) is 0.326. The molecule has 0 bridgehead atoms. The van der Waals surface area contributed by atoms with Crippen molar-refractivity contribution in [3.8, 4) is 0 Å². The van der Waals surface area contributed by atoms with Crippen molar-refractivity contribution in [2.45, 2.75) is 66.5 Å². The smallest absolute Gasteiger partial charge is 0.0102 e. The third kappa shape index (κ3) is 5.31. The van der Waals surface area contributed by atoms with E-state index in [1.807, 2.05) is 0 Å². The van der Waals surface area contributed by atoms with Crippen LogP contribution in [0.25, 0.3) is 0 Å². The fourth-order valence-corrected chi connectivity index (χ4v) is 2.16. The number of nitrogens with one attached hydrogen (secondary N) is 1. The van der Waals surface area contributed by atoms with Crippen molar-refractivity contribution in [3.63, 3.8) is 0 Å². The summed E-state index contributed by atoms with van der Waals surface area (Å²) in [6.07, 6.45) is 2.57. The summed E-state index contributed by atoms with van der Waals surface area (Å²) in [5, 5.41) is 3.54. The minimum absolute atomic E-state index is 0.326. The monoisotopic (exact) mass is 228 g/mol. The molecule has 16 heavy (non-hydrogen) atoms. The minimum atomic E-state index is 0.326. The van der Waals surface area contributed by atoms with Gasteiger partial charge in [0.05, 0.1) is 0 Å². The van der Waals surface area contributed by atoms with E-state index in [1.165, 1.54) is 12.8 Å². The first-order valence-corrected chi connectivity index (χ1v) is 6.78. The van der Waals surface area contributed by atoms with Crippen molar-refractivity contribution >= 4 is 0 Å². The van der Waals surface area contributed by atoms with Gasteiger partial charge in [-0.3, -0.25) is 0 Å². The molecule has 1 N–H and O–H groups in total. The van der Waals surface area contributed by atoms with Gasteiger partial charge in [-0.15, -0.1) is 0 Å². The summed E-state index contributed by atoms with van der Waals surface area (Å²) in [6, 6.07) is 1.26. The van der Waals surface area contributed by atoms with E-state index < -0.39 is 0 Å². The molecule has 2 nitrogen and oxygen atoms in total. The number of hydrogen-bond donors (Lipinski definition) is 1. The van der Waals surface area contributed by atoms with Gasteiger partial charge in [0.15, 0.2) is 0 Å². The SMILES string of the molecule is CCCC(C)N(C)CC(C)(C)C(C)NCC. The van der Waals surface area contributed by atoms with Crippen LogP contribution in [0.3, 0.4) is 0 Å². The average molecular weight is 228 g/mol. The quantitative estimate of drug-likeness (QED) is 0.686. The Morgan fingerprint density at radius 1 is 1.19 bits per heavy atom. The van der Waals surface area contributed by atoms with Crippen molar-refractivity contribution in [1.29, 1.82) is 0 Å². The fraction of sp³-hybridized carbons (Fsp3) is 1.00. The van der Waals surface area contributed by atoms with Crippen molar-refractivity contribution < 1.29 is 0 Å². The summed E-state index contributed by atoms with van der Waals surface area (Å²) in [4.78, 5) is 2.50. The molecular weight excluding hydrogens is 196 g/mol. The molecule has 0 aliphatic carbocycles. The van der Waals surface area contributed by atoms with E-state index in [9.17, 15) is 0 Å². The molecule has 0 fully saturated rings. The van der Waals surface area contributed by atoms with Gasteiger partial charge in [-0.05, 0) is 39.3 Å². The van der Waals surface area contributed by atoms with E-state index in [4.69, 9.17) is 0 Å². The highest BCUT2D eigenvalue weighted by molar-refractivity contribution is 4.84. The highest BCUT2D eigenvalue weighted by Crippen LogP contribution is 2.23. The zero-order valence-electron chi connectivity index (χ0n) is 12.4. The molecule has 98 valence electrons. The predicted octanol–water partition coefficient (Wildman–Crippen LogP) is 3.13. The maximum Gasteiger partial charge on any atom is 0.0102 e. The van der Waals surface area contributed by atoms with Crippen molar-refractivity contribution in [3.05, 3.63) is 0 Å². The van der Waals surface area contributed by atoms with Crippen LogP contribution in [0.15, 0.2) is 0 Å². The third-order valence-electron chi connectivity index (χ3n) is 3.80. The Kier molecular flexibility index (Phi) is 7.25. The van der Waals surface area contributed by atoms with E-state index in [-0.39, 0.29) is 0 Å². The predicted molar refractivity (Wildman–Crippen MR) is 73.9 cm³/mol. The summed E-state index contributed by atoms with van der Waals surface area (Å²) in [5.74, 6) is 0. The van der Waals surface area contributed by atoms with Crippen molar-refractivity contribution in [1.82, 2.24) is 10.2 Å². The Morgan fingerprint density at radius 2 is 1.75 bits per heavy atom. The average Bonchev–Trinajstić information content (AvgIpc) is 2.17. The molecule has 0 radical (unpaired) electrons. The first kappa shape index (κ1) is 15.9. The lowest BCUT2D eigenvalue weighted by molar-refractivity contribution is 0.132. The van der Waals surface area contributed by atoms with Gasteiger partial charge in [0.25, 0.3) is 0 Å². The second kappa shape index (κ2) is 7.29. The third-order valence-corrected chi connectivity index (χ3v) is 3.80. The largest absolute Gasteiger partial charge is 0.314 e. The molecule has 0 rings (SSSR count). The lowest BCUT2D eigenvalue weighted by Gasteiger charge is -2.38. The highest BCUT2D eigenvalue weighted by Gasteiger charge is 2.27. The van der Waals surface area contributed by atoms with Gasteiger partial charge in [-0.1, -0.05) is 34.1 Å². The van der Waals surface area contributed by atoms with Crippen LogP contribution in [0.4, 0.5) is 0 Å². The Labute approximate surface area is 103 Å². The van der Waals surface area contributed by atoms with Gasteiger partial charge in [-0.2, -0.15) is 0 Å². The topological polar surface area (TPSA) is 15.3 Å². The molecule has 0 heterocycles. The Balaban J connectivity index is 4.22. The molecule has 0 spiro atoms. The lowest BCUT2D eigenvalue weighted by atomic mass is 9.84. The van der Waals surface area contributed by atoms with E-state index in [0.29, 0.717) is 17.5 Å². The summed E-state index contributed by atoms with van der Waals surface area (Å²) in [6.45, 7) is 16.0. The fourth-order valence-electron chi connectivity index (χ4n) is 2.16. The molecule has 2 unspecified atom stereocenters. The van der Waals surface area contributed by atoms with Crippen LogP contribution in [0.1, 0.15) is 54.4 Å². The first-order chi connectivity index (χ1) is 7.35. The molecule has 0 aromatic rings. The summed E-state index contributed by atoms with van der Waals surface area (Å²) < 4.78 is 0. The molecular formula is C14H32N2. The molecule has 0 aliphatic heterocycles. The molecule has 0 aliphatic rings. The maximum absolute atomic E-state index is 3.54. The second-order valence-electron chi connectivity index (χ2n) is 5.82. The van der Waals surface area contributed by atoms with E-state index in [0.717, 1.165) is 13.1 Å². The van der Waals surface area contributed by atoms with Gasteiger partial charge in [0.1, 0.15) is 0 Å². The zero-order chi connectivity index (χ0) is 12.8. The van der Waals surface area contributed by atoms with Gasteiger partial charge in [0, 0.05) is 18.6 Å². The molecule has 0 aromatic heterocycles. The van der Waals surface area contributed by atoms with Crippen molar-refractivity contribution in [2.24, 2.45) is 5.41 Å². The Morgan fingerprint density at radius 3 is 2.19 bits per heavy atom. The van der Waals surface area contributed by atoms with Crippen LogP contribution >= 0.6 is 0 Å². The van der Waals surface area contributed by atoms with Crippen LogP contribution in [0, 0.1) is 5.41 Å². The van der Waals surface area contributed by atoms with E-state index >= 15 is 0 Å². The standard InChI is InChI=1S/C14H32N2/c1-8-10-12(3)16(7)11-14(5,6)13(4)15-9-2/h12-13,15H,8-11H2,1-7H3. The number of hydrogen-bond acceptors (Lipinski definition) is 2. The lowest BCUT2D eigenvalue weighted by Crippen LogP contribution is -2.47. The molecule has 0 saturated carbocycles. The molecule has 0 amide bonds. The minimum Gasteiger partial charge on any atom is -0.314 e. The maximum atomic E-state index is 3.54. The van der Waals surface area contributed by atoms with Crippen LogP contribution in [0.2, 0.25) is 0 Å². The van der Waals surface area contributed by atoms with Crippen LogP contribution in [-0.4, -0.2) is 37.1 Å². The molecule has 2 heteroatoms. The Hall–Kier alpha value is -0.0800. The van der Waals surface area contributed by atoms with Crippen LogP contribution < -0.4 is 5.32 Å². The second-order valence-corrected chi connectivity index (χ2v) is 5.82. The number of nitrogens with zero attached hydrogens (tertiary/aromatic N) is 1. The van der Waals surface area contributed by atoms with Gasteiger partial charge < -0.3 is 10.2 Å². The summed E-state index contributed by atoms with van der Waals surface area (Å²) >= 11 is 0. The summed E-state index contributed by atoms with van der Waals surface area (Å²) in [7, 11) is 2.25. The Bertz CT molecular complexity index is 178. The molecule has 0 aromatic carbocycles. The van der Waals surface area contributed by atoms with E-state index in [2.05, 4.69) is 58.8 Å². The van der Waals surface area contributed by atoms with Gasteiger partial charge in [-0.25, -0.2) is 0 Å². The molecule has 2 atom stereocenters. The molecule has 0 saturated heterocycles. The van der Waals surface area contributed by atoms with Crippen molar-refractivity contribution in [2.75, 3.05) is 20.1 Å². The normalized spacial score (nSPS) is 16.5. The highest BCUT2D eigenvalue weighted by atomic mass is 15.1. The number of rotatable bonds is 8. The van der Waals surface area contributed by atoms with Gasteiger partial charge in [0.2, 0.25) is 0 Å².